The first kappa shape index (κ1) is 24.0. The van der Waals surface area contributed by atoms with Crippen molar-refractivity contribution in [2.45, 2.75) is 62.9 Å². The van der Waals surface area contributed by atoms with Crippen LogP contribution in [0.25, 0.3) is 0 Å². The van der Waals surface area contributed by atoms with E-state index >= 15 is 0 Å². The Kier molecular flexibility index (Phi) is 8.02. The molecule has 0 spiro atoms. The predicted molar refractivity (Wildman–Crippen MR) is 131 cm³/mol. The van der Waals surface area contributed by atoms with E-state index < -0.39 is 8.32 Å². The lowest BCUT2D eigenvalue weighted by Crippen LogP contribution is -2.68. The Morgan fingerprint density at radius 2 is 1.58 bits per heavy atom. The summed E-state index contributed by atoms with van der Waals surface area (Å²) in [6.45, 7) is 11.3. The summed E-state index contributed by atoms with van der Waals surface area (Å²) in [6.07, 6.45) is 0.724. The third-order valence-electron chi connectivity index (χ3n) is 5.71. The van der Waals surface area contributed by atoms with Crippen molar-refractivity contribution in [3.05, 3.63) is 60.7 Å². The van der Waals surface area contributed by atoms with Gasteiger partial charge in [0, 0.05) is 20.0 Å². The fraction of sp³-hybridized carbons (Fsp3) is 0.480. The lowest BCUT2D eigenvalue weighted by atomic mass is 10.2. The van der Waals surface area contributed by atoms with Crippen molar-refractivity contribution >= 4 is 36.4 Å². The van der Waals surface area contributed by atoms with Crippen LogP contribution in [0.3, 0.4) is 0 Å². The molecule has 1 aliphatic heterocycles. The monoisotopic (exact) mass is 458 g/mol. The molecule has 0 aromatic heterocycles. The van der Waals surface area contributed by atoms with Crippen LogP contribution in [-0.2, 0) is 18.7 Å². The second kappa shape index (κ2) is 10.3. The maximum atomic E-state index is 11.5. The van der Waals surface area contributed by atoms with Crippen LogP contribution < -0.4 is 10.4 Å². The molecular formula is C25H34O4SSi. The quantitative estimate of drug-likeness (QED) is 0.434. The summed E-state index contributed by atoms with van der Waals surface area (Å²) < 4.78 is 18.7. The minimum atomic E-state index is -2.67. The van der Waals surface area contributed by atoms with E-state index in [4.69, 9.17) is 13.9 Å². The molecular weight excluding hydrogens is 424 g/mol. The van der Waals surface area contributed by atoms with E-state index in [9.17, 15) is 4.79 Å². The van der Waals surface area contributed by atoms with E-state index in [1.54, 1.807) is 11.8 Å². The van der Waals surface area contributed by atoms with Gasteiger partial charge in [-0.1, -0.05) is 81.4 Å². The van der Waals surface area contributed by atoms with Gasteiger partial charge in [0.05, 0.1) is 11.4 Å². The third kappa shape index (κ3) is 5.42. The Labute approximate surface area is 191 Å². The van der Waals surface area contributed by atoms with Crippen LogP contribution in [0.5, 0.6) is 0 Å². The minimum Gasteiger partial charge on any atom is -0.465 e. The number of esters is 1. The number of hydrogen-bond acceptors (Lipinski definition) is 5. The molecule has 1 aliphatic rings. The smallest absolute Gasteiger partial charge is 0.302 e. The van der Waals surface area contributed by atoms with Crippen molar-refractivity contribution in [1.29, 1.82) is 0 Å². The molecule has 1 heterocycles. The standard InChI is InChI=1S/C25H34O4SSi/c1-6-27-24-17-22(23(30-24)18-28-19(2)26)29-31(25(3,4)5,20-13-9-7-10-14-20)21-15-11-8-12-16-21/h7-16,22-24H,6,17-18H2,1-5H3/t22-,23+,24?/m1/s1. The highest BCUT2D eigenvalue weighted by atomic mass is 32.2. The Morgan fingerprint density at radius 3 is 2.03 bits per heavy atom. The second-order valence-corrected chi connectivity index (χ2v) is 14.6. The normalized spacial score (nSPS) is 21.8. The highest BCUT2D eigenvalue weighted by Gasteiger charge is 2.53. The molecule has 6 heteroatoms. The van der Waals surface area contributed by atoms with E-state index in [2.05, 4.69) is 81.4 Å². The van der Waals surface area contributed by atoms with Gasteiger partial charge in [-0.25, -0.2) is 0 Å². The van der Waals surface area contributed by atoms with Gasteiger partial charge in [-0.3, -0.25) is 4.79 Å². The Bertz CT molecular complexity index is 798. The first-order chi connectivity index (χ1) is 14.8. The molecule has 0 bridgehead atoms. The Balaban J connectivity index is 2.05. The zero-order valence-electron chi connectivity index (χ0n) is 19.2. The van der Waals surface area contributed by atoms with E-state index in [0.29, 0.717) is 13.2 Å². The van der Waals surface area contributed by atoms with Crippen LogP contribution in [0.1, 0.15) is 41.0 Å². The molecule has 0 radical (unpaired) electrons. The maximum Gasteiger partial charge on any atom is 0.302 e. The highest BCUT2D eigenvalue weighted by Crippen LogP contribution is 2.43. The summed E-state index contributed by atoms with van der Waals surface area (Å²) in [5, 5.41) is 2.45. The first-order valence-corrected chi connectivity index (χ1v) is 13.8. The van der Waals surface area contributed by atoms with Crippen molar-refractivity contribution in [2.24, 2.45) is 0 Å². The minimum absolute atomic E-state index is 0.0436. The fourth-order valence-corrected chi connectivity index (χ4v) is 10.6. The maximum absolute atomic E-state index is 11.5. The molecule has 0 saturated carbocycles. The summed E-state index contributed by atoms with van der Waals surface area (Å²) in [5.74, 6) is -0.260. The lowest BCUT2D eigenvalue weighted by molar-refractivity contribution is -0.141. The topological polar surface area (TPSA) is 44.8 Å². The molecule has 3 atom stereocenters. The van der Waals surface area contributed by atoms with Crippen molar-refractivity contribution < 1.29 is 18.7 Å². The van der Waals surface area contributed by atoms with Crippen molar-refractivity contribution in [3.63, 3.8) is 0 Å². The molecule has 3 rings (SSSR count). The molecule has 1 fully saturated rings. The third-order valence-corrected chi connectivity index (χ3v) is 12.2. The zero-order chi connectivity index (χ0) is 22.5. The molecule has 2 aromatic rings. The van der Waals surface area contributed by atoms with E-state index in [-0.39, 0.29) is 27.8 Å². The average Bonchev–Trinajstić information content (AvgIpc) is 3.12. The van der Waals surface area contributed by atoms with E-state index in [1.165, 1.54) is 17.3 Å². The number of thioether (sulfide) groups is 1. The van der Waals surface area contributed by atoms with Gasteiger partial charge in [-0.15, -0.1) is 11.8 Å². The van der Waals surface area contributed by atoms with Gasteiger partial charge in [0.15, 0.2) is 0 Å². The Morgan fingerprint density at radius 1 is 1.03 bits per heavy atom. The van der Waals surface area contributed by atoms with Gasteiger partial charge in [0.25, 0.3) is 8.32 Å². The Hall–Kier alpha value is -1.60. The van der Waals surface area contributed by atoms with Gasteiger partial charge in [-0.2, -0.15) is 0 Å². The van der Waals surface area contributed by atoms with Gasteiger partial charge in [0.2, 0.25) is 0 Å². The number of ether oxygens (including phenoxy) is 2. The summed E-state index contributed by atoms with van der Waals surface area (Å²) in [6, 6.07) is 21.3. The van der Waals surface area contributed by atoms with Crippen LogP contribution >= 0.6 is 11.8 Å². The number of benzene rings is 2. The largest absolute Gasteiger partial charge is 0.465 e. The van der Waals surface area contributed by atoms with Crippen LogP contribution in [0.4, 0.5) is 0 Å². The summed E-state index contributed by atoms with van der Waals surface area (Å²) in [4.78, 5) is 11.5. The van der Waals surface area contributed by atoms with Crippen LogP contribution in [-0.4, -0.2) is 44.3 Å². The van der Waals surface area contributed by atoms with Crippen molar-refractivity contribution in [1.82, 2.24) is 0 Å². The second-order valence-electron chi connectivity index (χ2n) is 8.92. The molecule has 1 unspecified atom stereocenters. The number of carbonyl (C=O) groups excluding carboxylic acids is 1. The predicted octanol–water partition coefficient (Wildman–Crippen LogP) is 4.36. The SMILES string of the molecule is CCOC1C[C@@H](O[Si](c2ccccc2)(c2ccccc2)C(C)(C)C)[C@H](COC(C)=O)S1. The first-order valence-electron chi connectivity index (χ1n) is 11.0. The molecule has 1 saturated heterocycles. The zero-order valence-corrected chi connectivity index (χ0v) is 21.0. The fourth-order valence-electron chi connectivity index (χ4n) is 4.36. The molecule has 4 nitrogen and oxygen atoms in total. The number of carbonyl (C=O) groups is 1. The molecule has 168 valence electrons. The van der Waals surface area contributed by atoms with Gasteiger partial charge >= 0.3 is 5.97 Å². The van der Waals surface area contributed by atoms with Gasteiger partial charge in [-0.05, 0) is 22.3 Å². The van der Waals surface area contributed by atoms with Crippen molar-refractivity contribution in [3.8, 4) is 0 Å². The molecule has 0 N–H and O–H groups in total. The van der Waals surface area contributed by atoms with Crippen LogP contribution in [0, 0.1) is 0 Å². The van der Waals surface area contributed by atoms with E-state index in [1.807, 2.05) is 6.92 Å². The van der Waals surface area contributed by atoms with Crippen molar-refractivity contribution in [2.75, 3.05) is 13.2 Å². The van der Waals surface area contributed by atoms with Gasteiger partial charge in [0.1, 0.15) is 12.0 Å². The molecule has 2 aromatic carbocycles. The number of hydrogen-bond donors (Lipinski definition) is 0. The molecule has 0 amide bonds. The van der Waals surface area contributed by atoms with Crippen LogP contribution in [0.15, 0.2) is 60.7 Å². The lowest BCUT2D eigenvalue weighted by Gasteiger charge is -2.45. The van der Waals surface area contributed by atoms with Crippen LogP contribution in [0.2, 0.25) is 5.04 Å². The average molecular weight is 459 g/mol. The summed E-state index contributed by atoms with van der Waals surface area (Å²) in [5.41, 5.74) is 0.0498. The molecule has 0 aliphatic carbocycles. The molecule has 31 heavy (non-hydrogen) atoms. The highest BCUT2D eigenvalue weighted by molar-refractivity contribution is 8.00. The van der Waals surface area contributed by atoms with E-state index in [0.717, 1.165) is 6.42 Å². The summed E-state index contributed by atoms with van der Waals surface area (Å²) >= 11 is 1.72. The van der Waals surface area contributed by atoms with Gasteiger partial charge < -0.3 is 13.9 Å². The summed E-state index contributed by atoms with van der Waals surface area (Å²) in [7, 11) is -2.67. The number of rotatable bonds is 8.